The van der Waals surface area contributed by atoms with Gasteiger partial charge in [0.25, 0.3) is 5.91 Å². The van der Waals surface area contributed by atoms with Crippen LogP contribution in [0, 0.1) is 18.3 Å². The molecule has 1 aromatic rings. The SMILES string of the molecule is CCC(C#N)(CC)NC(=O)c1cn[nH]c1C. The maximum atomic E-state index is 11.9. The lowest BCUT2D eigenvalue weighted by molar-refractivity contribution is 0.0915. The summed E-state index contributed by atoms with van der Waals surface area (Å²) in [6, 6.07) is 2.16. The Morgan fingerprint density at radius 1 is 1.62 bits per heavy atom. The Morgan fingerprint density at radius 3 is 2.62 bits per heavy atom. The highest BCUT2D eigenvalue weighted by molar-refractivity contribution is 5.95. The lowest BCUT2D eigenvalue weighted by Gasteiger charge is -2.24. The number of aryl methyl sites for hydroxylation is 1. The Morgan fingerprint density at radius 2 is 2.25 bits per heavy atom. The number of carbonyl (C=O) groups excluding carboxylic acids is 1. The number of rotatable bonds is 4. The zero-order valence-electron chi connectivity index (χ0n) is 9.79. The third-order valence-electron chi connectivity index (χ3n) is 2.85. The van der Waals surface area contributed by atoms with Crippen molar-refractivity contribution >= 4 is 5.91 Å². The third-order valence-corrected chi connectivity index (χ3v) is 2.85. The minimum Gasteiger partial charge on any atom is -0.334 e. The molecular weight excluding hydrogens is 204 g/mol. The molecule has 2 N–H and O–H groups in total. The summed E-state index contributed by atoms with van der Waals surface area (Å²) in [6.07, 6.45) is 2.64. The van der Waals surface area contributed by atoms with Gasteiger partial charge in [0.2, 0.25) is 0 Å². The second-order valence-electron chi connectivity index (χ2n) is 3.76. The Hall–Kier alpha value is -1.83. The number of nitrogens with one attached hydrogen (secondary N) is 2. The first-order valence-corrected chi connectivity index (χ1v) is 5.32. The van der Waals surface area contributed by atoms with Crippen LogP contribution in [0.1, 0.15) is 42.7 Å². The molecule has 0 saturated heterocycles. The summed E-state index contributed by atoms with van der Waals surface area (Å²) in [5.41, 5.74) is 0.416. The van der Waals surface area contributed by atoms with Crippen LogP contribution in [0.25, 0.3) is 0 Å². The second kappa shape index (κ2) is 4.79. The van der Waals surface area contributed by atoms with Gasteiger partial charge in [0, 0.05) is 5.69 Å². The summed E-state index contributed by atoms with van der Waals surface area (Å²) >= 11 is 0. The minimum atomic E-state index is -0.777. The molecule has 0 fully saturated rings. The summed E-state index contributed by atoms with van der Waals surface area (Å²) in [7, 11) is 0. The number of nitrogens with zero attached hydrogens (tertiary/aromatic N) is 2. The molecule has 1 rings (SSSR count). The molecule has 0 unspecified atom stereocenters. The van der Waals surface area contributed by atoms with E-state index in [1.165, 1.54) is 6.20 Å². The van der Waals surface area contributed by atoms with E-state index >= 15 is 0 Å². The van der Waals surface area contributed by atoms with Crippen molar-refractivity contribution in [2.24, 2.45) is 0 Å². The highest BCUT2D eigenvalue weighted by Crippen LogP contribution is 2.15. The van der Waals surface area contributed by atoms with E-state index in [9.17, 15) is 4.79 Å². The average Bonchev–Trinajstić information content (AvgIpc) is 2.72. The molecule has 0 aromatic carbocycles. The lowest BCUT2D eigenvalue weighted by atomic mass is 9.94. The van der Waals surface area contributed by atoms with E-state index < -0.39 is 5.54 Å². The molecule has 5 heteroatoms. The Balaban J connectivity index is 2.86. The maximum absolute atomic E-state index is 11.9. The minimum absolute atomic E-state index is 0.253. The van der Waals surface area contributed by atoms with Crippen LogP contribution >= 0.6 is 0 Å². The van der Waals surface area contributed by atoms with Crippen molar-refractivity contribution in [3.63, 3.8) is 0 Å². The molecule has 0 aliphatic heterocycles. The van der Waals surface area contributed by atoms with Crippen LogP contribution in [0.3, 0.4) is 0 Å². The molecule has 1 heterocycles. The first-order chi connectivity index (χ1) is 7.58. The first kappa shape index (κ1) is 12.2. The van der Waals surface area contributed by atoms with Crippen molar-refractivity contribution in [1.82, 2.24) is 15.5 Å². The van der Waals surface area contributed by atoms with Crippen LogP contribution in [0.4, 0.5) is 0 Å². The van der Waals surface area contributed by atoms with E-state index in [4.69, 9.17) is 5.26 Å². The number of H-pyrrole nitrogens is 1. The Bertz CT molecular complexity index is 412. The largest absolute Gasteiger partial charge is 0.334 e. The van der Waals surface area contributed by atoms with E-state index in [2.05, 4.69) is 21.6 Å². The van der Waals surface area contributed by atoms with Gasteiger partial charge in [-0.3, -0.25) is 9.89 Å². The molecule has 0 bridgehead atoms. The fourth-order valence-electron chi connectivity index (χ4n) is 1.48. The molecule has 0 aliphatic carbocycles. The number of aromatic nitrogens is 2. The maximum Gasteiger partial charge on any atom is 0.255 e. The zero-order valence-corrected chi connectivity index (χ0v) is 9.79. The topological polar surface area (TPSA) is 81.6 Å². The third kappa shape index (κ3) is 2.22. The summed E-state index contributed by atoms with van der Waals surface area (Å²) < 4.78 is 0. The van der Waals surface area contributed by atoms with Gasteiger partial charge in [0.05, 0.1) is 17.8 Å². The molecule has 0 radical (unpaired) electrons. The van der Waals surface area contributed by atoms with Gasteiger partial charge in [0.15, 0.2) is 0 Å². The molecular formula is C11H16N4O. The summed E-state index contributed by atoms with van der Waals surface area (Å²) in [5, 5.41) is 18.3. The van der Waals surface area contributed by atoms with E-state index in [0.717, 1.165) is 0 Å². The summed E-state index contributed by atoms with van der Waals surface area (Å²) in [4.78, 5) is 11.9. The molecule has 1 amide bonds. The Labute approximate surface area is 94.9 Å². The van der Waals surface area contributed by atoms with Gasteiger partial charge in [-0.25, -0.2) is 0 Å². The fraction of sp³-hybridized carbons (Fsp3) is 0.545. The predicted molar refractivity (Wildman–Crippen MR) is 59.7 cm³/mol. The van der Waals surface area contributed by atoms with Gasteiger partial charge < -0.3 is 5.32 Å². The van der Waals surface area contributed by atoms with Crippen molar-refractivity contribution in [3.8, 4) is 6.07 Å². The van der Waals surface area contributed by atoms with Crippen LogP contribution < -0.4 is 5.32 Å². The number of aromatic amines is 1. The average molecular weight is 220 g/mol. The van der Waals surface area contributed by atoms with Gasteiger partial charge in [-0.2, -0.15) is 10.4 Å². The number of hydrogen-bond acceptors (Lipinski definition) is 3. The van der Waals surface area contributed by atoms with Gasteiger partial charge >= 0.3 is 0 Å². The van der Waals surface area contributed by atoms with E-state index in [-0.39, 0.29) is 5.91 Å². The molecule has 0 aliphatic rings. The number of nitriles is 1. The molecule has 0 saturated carbocycles. The normalized spacial score (nSPS) is 10.9. The molecule has 5 nitrogen and oxygen atoms in total. The smallest absolute Gasteiger partial charge is 0.255 e. The fourth-order valence-corrected chi connectivity index (χ4v) is 1.48. The number of carbonyl (C=O) groups is 1. The van der Waals surface area contributed by atoms with Crippen LogP contribution in [0.15, 0.2) is 6.20 Å². The van der Waals surface area contributed by atoms with Crippen molar-refractivity contribution in [1.29, 1.82) is 5.26 Å². The molecule has 16 heavy (non-hydrogen) atoms. The van der Waals surface area contributed by atoms with Crippen molar-refractivity contribution in [3.05, 3.63) is 17.5 Å². The summed E-state index contributed by atoms with van der Waals surface area (Å²) in [6.45, 7) is 5.54. The van der Waals surface area contributed by atoms with Gasteiger partial charge in [-0.1, -0.05) is 13.8 Å². The molecule has 0 atom stereocenters. The van der Waals surface area contributed by atoms with Crippen molar-refractivity contribution < 1.29 is 4.79 Å². The zero-order chi connectivity index (χ0) is 12.2. The van der Waals surface area contributed by atoms with Crippen molar-refractivity contribution in [2.45, 2.75) is 39.2 Å². The van der Waals surface area contributed by atoms with Crippen LogP contribution in [0.2, 0.25) is 0 Å². The van der Waals surface area contributed by atoms with E-state index in [1.807, 2.05) is 13.8 Å². The van der Waals surface area contributed by atoms with E-state index in [1.54, 1.807) is 6.92 Å². The molecule has 1 aromatic heterocycles. The predicted octanol–water partition coefficient (Wildman–Crippen LogP) is 1.53. The highest BCUT2D eigenvalue weighted by Gasteiger charge is 2.28. The first-order valence-electron chi connectivity index (χ1n) is 5.32. The quantitative estimate of drug-likeness (QED) is 0.807. The summed E-state index contributed by atoms with van der Waals surface area (Å²) in [5.74, 6) is -0.253. The standard InChI is InChI=1S/C11H16N4O/c1-4-11(5-2,7-12)14-10(16)9-6-13-15-8(9)3/h6H,4-5H2,1-3H3,(H,13,15)(H,14,16). The van der Waals surface area contributed by atoms with Crippen molar-refractivity contribution in [2.75, 3.05) is 0 Å². The molecule has 0 spiro atoms. The van der Waals surface area contributed by atoms with Crippen LogP contribution in [0.5, 0.6) is 0 Å². The van der Waals surface area contributed by atoms with Crippen LogP contribution in [-0.4, -0.2) is 21.6 Å². The highest BCUT2D eigenvalue weighted by atomic mass is 16.1. The second-order valence-corrected chi connectivity index (χ2v) is 3.76. The number of amides is 1. The monoisotopic (exact) mass is 220 g/mol. The molecule has 86 valence electrons. The van der Waals surface area contributed by atoms with Gasteiger partial charge in [-0.05, 0) is 19.8 Å². The number of hydrogen-bond donors (Lipinski definition) is 2. The Kier molecular flexibility index (Phi) is 3.67. The van der Waals surface area contributed by atoms with Gasteiger partial charge in [-0.15, -0.1) is 0 Å². The lowest BCUT2D eigenvalue weighted by Crippen LogP contribution is -2.46. The van der Waals surface area contributed by atoms with Gasteiger partial charge in [0.1, 0.15) is 5.54 Å². The van der Waals surface area contributed by atoms with E-state index in [0.29, 0.717) is 24.1 Å². The van der Waals surface area contributed by atoms with Crippen LogP contribution in [-0.2, 0) is 0 Å².